The molecule has 2 aliphatic heterocycles. The van der Waals surface area contributed by atoms with E-state index in [0.717, 1.165) is 0 Å². The van der Waals surface area contributed by atoms with Gasteiger partial charge in [0.25, 0.3) is 0 Å². The van der Waals surface area contributed by atoms with Gasteiger partial charge >= 0.3 is 0 Å². The average Bonchev–Trinajstić information content (AvgIpc) is 2.15. The van der Waals surface area contributed by atoms with Crippen molar-refractivity contribution in [2.75, 3.05) is 0 Å². The molecular weight excluding hydrogens is 170 g/mol. The van der Waals surface area contributed by atoms with Crippen molar-refractivity contribution in [3.8, 4) is 0 Å². The fourth-order valence-electron chi connectivity index (χ4n) is 1.28. The van der Waals surface area contributed by atoms with E-state index in [0.29, 0.717) is 5.70 Å². The Morgan fingerprint density at radius 1 is 1.23 bits per heavy atom. The molecule has 2 rings (SSSR count). The zero-order valence-corrected chi connectivity index (χ0v) is 6.75. The molecule has 4 nitrogen and oxygen atoms in total. The SMILES string of the molecule is OC1=CN2C=CC=CC2=C(O)C1O. The van der Waals surface area contributed by atoms with Gasteiger partial charge < -0.3 is 20.2 Å². The number of fused-ring (bicyclic) bond motifs is 1. The summed E-state index contributed by atoms with van der Waals surface area (Å²) < 4.78 is 0. The summed E-state index contributed by atoms with van der Waals surface area (Å²) in [6.45, 7) is 0. The predicted octanol–water partition coefficient (Wildman–Crippen LogP) is 0.915. The van der Waals surface area contributed by atoms with E-state index in [1.807, 2.05) is 0 Å². The van der Waals surface area contributed by atoms with Crippen LogP contribution in [0.3, 0.4) is 0 Å². The van der Waals surface area contributed by atoms with Crippen LogP contribution in [0.5, 0.6) is 0 Å². The molecule has 0 bridgehead atoms. The number of nitrogens with zero attached hydrogens (tertiary/aromatic N) is 1. The topological polar surface area (TPSA) is 63.9 Å². The largest absolute Gasteiger partial charge is 0.507 e. The molecule has 4 heteroatoms. The first kappa shape index (κ1) is 7.94. The summed E-state index contributed by atoms with van der Waals surface area (Å²) in [5, 5.41) is 27.9. The molecule has 0 aromatic carbocycles. The molecule has 0 radical (unpaired) electrons. The molecule has 0 spiro atoms. The highest BCUT2D eigenvalue weighted by Crippen LogP contribution is 2.25. The molecule has 0 fully saturated rings. The van der Waals surface area contributed by atoms with Crippen LogP contribution in [0.25, 0.3) is 0 Å². The van der Waals surface area contributed by atoms with Crippen LogP contribution in [0.15, 0.2) is 47.8 Å². The maximum atomic E-state index is 9.45. The van der Waals surface area contributed by atoms with Gasteiger partial charge in [0, 0.05) is 12.4 Å². The molecule has 13 heavy (non-hydrogen) atoms. The zero-order chi connectivity index (χ0) is 9.42. The summed E-state index contributed by atoms with van der Waals surface area (Å²) in [7, 11) is 0. The van der Waals surface area contributed by atoms with E-state index in [1.54, 1.807) is 24.4 Å². The Kier molecular flexibility index (Phi) is 1.63. The van der Waals surface area contributed by atoms with Crippen molar-refractivity contribution in [1.29, 1.82) is 0 Å². The zero-order valence-electron chi connectivity index (χ0n) is 6.75. The van der Waals surface area contributed by atoms with Crippen molar-refractivity contribution >= 4 is 0 Å². The monoisotopic (exact) mass is 179 g/mol. The molecular formula is C9H9NO3. The minimum absolute atomic E-state index is 0.236. The van der Waals surface area contributed by atoms with Crippen LogP contribution in [0, 0.1) is 0 Å². The second-order valence-corrected chi connectivity index (χ2v) is 2.83. The van der Waals surface area contributed by atoms with Crippen molar-refractivity contribution in [3.63, 3.8) is 0 Å². The van der Waals surface area contributed by atoms with Crippen LogP contribution in [0.4, 0.5) is 0 Å². The van der Waals surface area contributed by atoms with Gasteiger partial charge in [-0.2, -0.15) is 0 Å². The maximum absolute atomic E-state index is 9.45. The lowest BCUT2D eigenvalue weighted by Crippen LogP contribution is -2.27. The summed E-state index contributed by atoms with van der Waals surface area (Å²) in [5.74, 6) is -0.498. The first-order chi connectivity index (χ1) is 6.20. The van der Waals surface area contributed by atoms with E-state index in [-0.39, 0.29) is 11.5 Å². The summed E-state index contributed by atoms with van der Waals surface area (Å²) >= 11 is 0. The number of hydrogen-bond acceptors (Lipinski definition) is 4. The van der Waals surface area contributed by atoms with E-state index >= 15 is 0 Å². The third kappa shape index (κ3) is 1.11. The van der Waals surface area contributed by atoms with Crippen molar-refractivity contribution in [2.24, 2.45) is 0 Å². The predicted molar refractivity (Wildman–Crippen MR) is 46.5 cm³/mol. The van der Waals surface area contributed by atoms with Crippen LogP contribution in [-0.4, -0.2) is 26.3 Å². The Morgan fingerprint density at radius 3 is 2.77 bits per heavy atom. The van der Waals surface area contributed by atoms with E-state index in [2.05, 4.69) is 0 Å². The molecule has 0 aromatic rings. The second kappa shape index (κ2) is 2.67. The number of rotatable bonds is 0. The molecule has 1 atom stereocenters. The van der Waals surface area contributed by atoms with Crippen LogP contribution in [-0.2, 0) is 0 Å². The van der Waals surface area contributed by atoms with E-state index in [4.69, 9.17) is 0 Å². The van der Waals surface area contributed by atoms with E-state index in [9.17, 15) is 15.3 Å². The summed E-state index contributed by atoms with van der Waals surface area (Å²) in [4.78, 5) is 1.54. The molecule has 1 unspecified atom stereocenters. The lowest BCUT2D eigenvalue weighted by atomic mass is 10.1. The number of allylic oxidation sites excluding steroid dienone is 3. The van der Waals surface area contributed by atoms with Crippen LogP contribution >= 0.6 is 0 Å². The van der Waals surface area contributed by atoms with Crippen LogP contribution < -0.4 is 0 Å². The van der Waals surface area contributed by atoms with Gasteiger partial charge in [-0.15, -0.1) is 0 Å². The normalized spacial score (nSPS) is 26.1. The van der Waals surface area contributed by atoms with Crippen molar-refractivity contribution in [2.45, 2.75) is 6.10 Å². The lowest BCUT2D eigenvalue weighted by molar-refractivity contribution is 0.122. The van der Waals surface area contributed by atoms with Gasteiger partial charge in [0.05, 0.1) is 5.70 Å². The molecule has 0 aromatic heterocycles. The first-order valence-corrected chi connectivity index (χ1v) is 3.85. The third-order valence-corrected chi connectivity index (χ3v) is 1.96. The molecule has 2 aliphatic rings. The van der Waals surface area contributed by atoms with Gasteiger partial charge in [0.15, 0.2) is 11.9 Å². The van der Waals surface area contributed by atoms with Gasteiger partial charge in [-0.25, -0.2) is 0 Å². The second-order valence-electron chi connectivity index (χ2n) is 2.83. The molecule has 68 valence electrons. The van der Waals surface area contributed by atoms with Gasteiger partial charge in [-0.3, -0.25) is 0 Å². The van der Waals surface area contributed by atoms with Crippen molar-refractivity contribution in [3.05, 3.63) is 47.8 Å². The van der Waals surface area contributed by atoms with Crippen molar-refractivity contribution in [1.82, 2.24) is 4.90 Å². The minimum atomic E-state index is -1.30. The minimum Gasteiger partial charge on any atom is -0.507 e. The highest BCUT2D eigenvalue weighted by Gasteiger charge is 2.26. The smallest absolute Gasteiger partial charge is 0.171 e. The summed E-state index contributed by atoms with van der Waals surface area (Å²) in [5.41, 5.74) is 0.479. The summed E-state index contributed by atoms with van der Waals surface area (Å²) in [6, 6.07) is 0. The van der Waals surface area contributed by atoms with Gasteiger partial charge in [0.2, 0.25) is 0 Å². The number of aliphatic hydroxyl groups is 3. The summed E-state index contributed by atoms with van der Waals surface area (Å²) in [6.07, 6.45) is 6.89. The van der Waals surface area contributed by atoms with E-state index in [1.165, 1.54) is 11.1 Å². The molecule has 3 N–H and O–H groups in total. The molecule has 0 saturated carbocycles. The van der Waals surface area contributed by atoms with Crippen LogP contribution in [0.2, 0.25) is 0 Å². The quantitative estimate of drug-likeness (QED) is 0.517. The van der Waals surface area contributed by atoms with Crippen LogP contribution in [0.1, 0.15) is 0 Å². The highest BCUT2D eigenvalue weighted by atomic mass is 16.4. The van der Waals surface area contributed by atoms with Gasteiger partial charge in [-0.05, 0) is 12.2 Å². The average molecular weight is 179 g/mol. The molecule has 0 aliphatic carbocycles. The lowest BCUT2D eigenvalue weighted by Gasteiger charge is -2.27. The van der Waals surface area contributed by atoms with Gasteiger partial charge in [-0.1, -0.05) is 6.08 Å². The van der Waals surface area contributed by atoms with Gasteiger partial charge in [0.1, 0.15) is 5.76 Å². The van der Waals surface area contributed by atoms with E-state index < -0.39 is 6.10 Å². The molecule has 0 saturated heterocycles. The highest BCUT2D eigenvalue weighted by molar-refractivity contribution is 5.38. The Labute approximate surface area is 75.0 Å². The number of aliphatic hydroxyl groups excluding tert-OH is 3. The Balaban J connectivity index is 2.45. The fourth-order valence-corrected chi connectivity index (χ4v) is 1.28. The van der Waals surface area contributed by atoms with Crippen molar-refractivity contribution < 1.29 is 15.3 Å². The fraction of sp³-hybridized carbons (Fsp3) is 0.111. The maximum Gasteiger partial charge on any atom is 0.171 e. The Morgan fingerprint density at radius 2 is 2.00 bits per heavy atom. The Bertz CT molecular complexity index is 352. The Hall–Kier alpha value is -1.68. The third-order valence-electron chi connectivity index (χ3n) is 1.96. The standard InChI is InChI=1S/C9H9NO3/c11-7-5-10-4-2-1-3-6(10)8(12)9(7)13/h1-5,9,11-13H. The number of hydrogen-bond donors (Lipinski definition) is 3. The molecule has 2 heterocycles. The first-order valence-electron chi connectivity index (χ1n) is 3.85. The molecule has 0 amide bonds.